The third kappa shape index (κ3) is 3.56. The molecule has 0 aliphatic rings. The lowest BCUT2D eigenvalue weighted by atomic mass is 9.99. The third-order valence-electron chi connectivity index (χ3n) is 3.00. The second kappa shape index (κ2) is 6.51. The Bertz CT molecular complexity index is 572. The quantitative estimate of drug-likeness (QED) is 0.887. The number of halogens is 2. The van der Waals surface area contributed by atoms with Crippen LogP contribution in [0.1, 0.15) is 29.7 Å². The molecule has 0 aliphatic carbocycles. The Kier molecular flexibility index (Phi) is 4.97. The predicted molar refractivity (Wildman–Crippen MR) is 83.6 cm³/mol. The van der Waals surface area contributed by atoms with Gasteiger partial charge in [0.15, 0.2) is 0 Å². The van der Waals surface area contributed by atoms with Crippen molar-refractivity contribution in [3.63, 3.8) is 0 Å². The van der Waals surface area contributed by atoms with Crippen LogP contribution in [-0.4, -0.2) is 11.5 Å². The van der Waals surface area contributed by atoms with E-state index in [-0.39, 0.29) is 6.04 Å². The zero-order chi connectivity index (χ0) is 13.8. The number of aryl methyl sites for hydroxylation is 1. The Balaban J connectivity index is 2.42. The normalized spacial score (nSPS) is 12.4. The number of nitrogens with zero attached hydrogens (tertiary/aromatic N) is 1. The first-order valence-electron chi connectivity index (χ1n) is 6.21. The summed E-state index contributed by atoms with van der Waals surface area (Å²) >= 11 is 9.69. The predicted octanol–water partition coefficient (Wildman–Crippen LogP) is 4.50. The largest absolute Gasteiger partial charge is 0.306 e. The van der Waals surface area contributed by atoms with Crippen molar-refractivity contribution >= 4 is 27.5 Å². The van der Waals surface area contributed by atoms with Gasteiger partial charge in [0.2, 0.25) is 0 Å². The van der Waals surface area contributed by atoms with Crippen LogP contribution in [0.5, 0.6) is 0 Å². The first-order valence-corrected chi connectivity index (χ1v) is 7.38. The lowest BCUT2D eigenvalue weighted by Crippen LogP contribution is -2.22. The van der Waals surface area contributed by atoms with Crippen LogP contribution in [0.3, 0.4) is 0 Å². The van der Waals surface area contributed by atoms with Gasteiger partial charge < -0.3 is 5.32 Å². The van der Waals surface area contributed by atoms with Gasteiger partial charge in [-0.25, -0.2) is 0 Å². The van der Waals surface area contributed by atoms with Gasteiger partial charge >= 0.3 is 0 Å². The molecule has 0 amide bonds. The minimum Gasteiger partial charge on any atom is -0.306 e. The topological polar surface area (TPSA) is 24.9 Å². The maximum Gasteiger partial charge on any atom is 0.0592 e. The molecule has 1 aromatic carbocycles. The number of aromatic nitrogens is 1. The molecule has 1 heterocycles. The van der Waals surface area contributed by atoms with Crippen molar-refractivity contribution in [3.05, 3.63) is 62.8 Å². The first-order chi connectivity index (χ1) is 9.11. The number of pyridine rings is 1. The molecule has 1 unspecified atom stereocenters. The van der Waals surface area contributed by atoms with Gasteiger partial charge in [-0.1, -0.05) is 30.7 Å². The van der Waals surface area contributed by atoms with Crippen LogP contribution in [0.15, 0.2) is 41.1 Å². The van der Waals surface area contributed by atoms with Gasteiger partial charge in [-0.2, -0.15) is 0 Å². The van der Waals surface area contributed by atoms with E-state index in [0.717, 1.165) is 32.7 Å². The van der Waals surface area contributed by atoms with E-state index in [2.05, 4.69) is 45.3 Å². The average Bonchev–Trinajstić information content (AvgIpc) is 2.39. The van der Waals surface area contributed by atoms with Gasteiger partial charge in [0.1, 0.15) is 0 Å². The number of rotatable bonds is 4. The van der Waals surface area contributed by atoms with E-state index in [1.54, 1.807) is 6.20 Å². The van der Waals surface area contributed by atoms with Crippen molar-refractivity contribution in [3.8, 4) is 0 Å². The summed E-state index contributed by atoms with van der Waals surface area (Å²) in [4.78, 5) is 4.23. The van der Waals surface area contributed by atoms with E-state index in [1.807, 2.05) is 25.3 Å². The Morgan fingerprint density at radius 1 is 1.26 bits per heavy atom. The molecular formula is C15H16BrClN2. The molecule has 1 aromatic heterocycles. The molecule has 0 spiro atoms. The van der Waals surface area contributed by atoms with Crippen LogP contribution < -0.4 is 5.32 Å². The smallest absolute Gasteiger partial charge is 0.0592 e. The zero-order valence-corrected chi connectivity index (χ0v) is 13.3. The molecular weight excluding hydrogens is 324 g/mol. The summed E-state index contributed by atoms with van der Waals surface area (Å²) in [7, 11) is 0. The Hall–Kier alpha value is -0.900. The van der Waals surface area contributed by atoms with Crippen LogP contribution in [-0.2, 0) is 0 Å². The fourth-order valence-electron chi connectivity index (χ4n) is 2.01. The molecule has 0 radical (unpaired) electrons. The molecule has 2 aromatic rings. The summed E-state index contributed by atoms with van der Waals surface area (Å²) in [6, 6.07) is 8.36. The van der Waals surface area contributed by atoms with Crippen molar-refractivity contribution < 1.29 is 0 Å². The van der Waals surface area contributed by atoms with Crippen LogP contribution in [0, 0.1) is 6.92 Å². The SMILES string of the molecule is CCNC(c1cncc(Br)c1)c1ccc(C)c(Cl)c1. The van der Waals surface area contributed by atoms with Crippen LogP contribution in [0.2, 0.25) is 5.02 Å². The molecule has 0 aliphatic heterocycles. The summed E-state index contributed by atoms with van der Waals surface area (Å²) in [6.45, 7) is 4.98. The van der Waals surface area contributed by atoms with Crippen LogP contribution in [0.4, 0.5) is 0 Å². The van der Waals surface area contributed by atoms with E-state index < -0.39 is 0 Å². The van der Waals surface area contributed by atoms with E-state index >= 15 is 0 Å². The molecule has 19 heavy (non-hydrogen) atoms. The maximum atomic E-state index is 6.22. The third-order valence-corrected chi connectivity index (χ3v) is 3.84. The average molecular weight is 340 g/mol. The molecule has 0 saturated carbocycles. The van der Waals surface area contributed by atoms with Crippen molar-refractivity contribution in [2.24, 2.45) is 0 Å². The van der Waals surface area contributed by atoms with Gasteiger partial charge in [0.05, 0.1) is 6.04 Å². The van der Waals surface area contributed by atoms with Gasteiger partial charge in [0.25, 0.3) is 0 Å². The van der Waals surface area contributed by atoms with E-state index in [4.69, 9.17) is 11.6 Å². The Morgan fingerprint density at radius 3 is 2.68 bits per heavy atom. The minimum absolute atomic E-state index is 0.105. The highest BCUT2D eigenvalue weighted by atomic mass is 79.9. The number of benzene rings is 1. The van der Waals surface area contributed by atoms with Crippen molar-refractivity contribution in [2.45, 2.75) is 19.9 Å². The molecule has 1 atom stereocenters. The second-order valence-corrected chi connectivity index (χ2v) is 5.76. The van der Waals surface area contributed by atoms with E-state index in [0.29, 0.717) is 0 Å². The van der Waals surface area contributed by atoms with Crippen LogP contribution >= 0.6 is 27.5 Å². The fourth-order valence-corrected chi connectivity index (χ4v) is 2.58. The molecule has 2 rings (SSSR count). The van der Waals surface area contributed by atoms with E-state index in [1.165, 1.54) is 0 Å². The highest BCUT2D eigenvalue weighted by molar-refractivity contribution is 9.10. The zero-order valence-electron chi connectivity index (χ0n) is 11.0. The molecule has 1 N–H and O–H groups in total. The lowest BCUT2D eigenvalue weighted by Gasteiger charge is -2.19. The van der Waals surface area contributed by atoms with Crippen molar-refractivity contribution in [1.82, 2.24) is 10.3 Å². The lowest BCUT2D eigenvalue weighted by molar-refractivity contribution is 0.628. The van der Waals surface area contributed by atoms with Crippen molar-refractivity contribution in [2.75, 3.05) is 6.54 Å². The molecule has 0 fully saturated rings. The fraction of sp³-hybridized carbons (Fsp3) is 0.267. The summed E-state index contributed by atoms with van der Waals surface area (Å²) in [6.07, 6.45) is 3.67. The highest BCUT2D eigenvalue weighted by Crippen LogP contribution is 2.27. The summed E-state index contributed by atoms with van der Waals surface area (Å²) < 4.78 is 0.978. The van der Waals surface area contributed by atoms with Gasteiger partial charge in [0, 0.05) is 21.9 Å². The van der Waals surface area contributed by atoms with Gasteiger partial charge in [-0.15, -0.1) is 0 Å². The Morgan fingerprint density at radius 2 is 2.05 bits per heavy atom. The number of hydrogen-bond acceptors (Lipinski definition) is 2. The summed E-state index contributed by atoms with van der Waals surface area (Å²) in [5, 5.41) is 4.26. The second-order valence-electron chi connectivity index (χ2n) is 4.44. The monoisotopic (exact) mass is 338 g/mol. The first kappa shape index (κ1) is 14.5. The van der Waals surface area contributed by atoms with E-state index in [9.17, 15) is 0 Å². The summed E-state index contributed by atoms with van der Waals surface area (Å²) in [5.41, 5.74) is 3.36. The maximum absolute atomic E-state index is 6.22. The highest BCUT2D eigenvalue weighted by Gasteiger charge is 2.14. The molecule has 0 bridgehead atoms. The standard InChI is InChI=1S/C15H16BrClN2/c1-3-19-15(12-6-13(16)9-18-8-12)11-5-4-10(2)14(17)7-11/h4-9,15,19H,3H2,1-2H3. The van der Waals surface area contributed by atoms with Gasteiger partial charge in [-0.3, -0.25) is 4.98 Å². The molecule has 2 nitrogen and oxygen atoms in total. The summed E-state index contributed by atoms with van der Waals surface area (Å²) in [5.74, 6) is 0. The molecule has 4 heteroatoms. The minimum atomic E-state index is 0.105. The molecule has 0 saturated heterocycles. The Labute approximate surface area is 127 Å². The molecule has 100 valence electrons. The van der Waals surface area contributed by atoms with Gasteiger partial charge in [-0.05, 0) is 58.2 Å². The van der Waals surface area contributed by atoms with Crippen LogP contribution in [0.25, 0.3) is 0 Å². The number of hydrogen-bond donors (Lipinski definition) is 1. The number of nitrogens with one attached hydrogen (secondary N) is 1. The van der Waals surface area contributed by atoms with Crippen molar-refractivity contribution in [1.29, 1.82) is 0 Å².